The number of hydrogen-bond donors (Lipinski definition) is 0. The molecule has 0 radical (unpaired) electrons. The summed E-state index contributed by atoms with van der Waals surface area (Å²) in [5, 5.41) is 0. The lowest BCUT2D eigenvalue weighted by Gasteiger charge is -2.51. The fraction of sp³-hybridized carbons (Fsp3) is 0.448. The quantitative estimate of drug-likeness (QED) is 0.232. The Morgan fingerprint density at radius 1 is 0.974 bits per heavy atom. The summed E-state index contributed by atoms with van der Waals surface area (Å²) in [4.78, 5) is 51.0. The topological polar surface area (TPSA) is 108 Å². The third-order valence-corrected chi connectivity index (χ3v) is 6.02. The Bertz CT molecular complexity index is 1080. The number of carbonyl (C=O) groups is 4. The van der Waals surface area contributed by atoms with Gasteiger partial charge in [0.15, 0.2) is 0 Å². The van der Waals surface area contributed by atoms with E-state index in [4.69, 9.17) is 18.9 Å². The Morgan fingerprint density at radius 2 is 1.55 bits per heavy atom. The molecule has 1 saturated heterocycles. The molecule has 1 amide bonds. The van der Waals surface area contributed by atoms with Gasteiger partial charge < -0.3 is 28.6 Å². The molecule has 9 nitrogen and oxygen atoms in total. The van der Waals surface area contributed by atoms with Crippen LogP contribution in [0.5, 0.6) is 0 Å². The summed E-state index contributed by atoms with van der Waals surface area (Å²) in [5.41, 5.74) is 0.946. The summed E-state index contributed by atoms with van der Waals surface area (Å²) in [7, 11) is 0. The molecule has 2 aromatic rings. The lowest BCUT2D eigenvalue weighted by molar-refractivity contribution is -0.187. The fourth-order valence-electron chi connectivity index (χ4n) is 4.36. The van der Waals surface area contributed by atoms with Crippen LogP contribution in [-0.4, -0.2) is 59.6 Å². The molecule has 0 aromatic heterocycles. The molecular formula is C29H35NO8. The third kappa shape index (κ3) is 8.14. The van der Waals surface area contributed by atoms with E-state index < -0.39 is 47.8 Å². The van der Waals surface area contributed by atoms with Crippen molar-refractivity contribution in [2.45, 2.75) is 71.2 Å². The monoisotopic (exact) mass is 525 g/mol. The lowest BCUT2D eigenvalue weighted by atomic mass is 9.79. The first kappa shape index (κ1) is 28.8. The number of ether oxygens (including phenoxy) is 4. The van der Waals surface area contributed by atoms with Crippen molar-refractivity contribution < 1.29 is 38.1 Å². The van der Waals surface area contributed by atoms with E-state index in [-0.39, 0.29) is 26.2 Å². The molecule has 0 unspecified atom stereocenters. The van der Waals surface area contributed by atoms with Gasteiger partial charge in [-0.3, -0.25) is 9.59 Å². The van der Waals surface area contributed by atoms with E-state index in [0.717, 1.165) is 11.1 Å². The molecule has 38 heavy (non-hydrogen) atoms. The van der Waals surface area contributed by atoms with Gasteiger partial charge in [-0.15, -0.1) is 0 Å². The first-order chi connectivity index (χ1) is 18.1. The number of benzene rings is 2. The highest BCUT2D eigenvalue weighted by molar-refractivity contribution is 5.90. The molecule has 4 atom stereocenters. The van der Waals surface area contributed by atoms with Crippen molar-refractivity contribution in [2.24, 2.45) is 5.92 Å². The van der Waals surface area contributed by atoms with Crippen LogP contribution in [0.2, 0.25) is 0 Å². The highest BCUT2D eigenvalue weighted by Gasteiger charge is 2.55. The lowest BCUT2D eigenvalue weighted by Crippen LogP contribution is -2.70. The minimum absolute atomic E-state index is 0.0166. The van der Waals surface area contributed by atoms with Crippen molar-refractivity contribution in [1.82, 2.24) is 4.90 Å². The third-order valence-electron chi connectivity index (χ3n) is 6.02. The predicted octanol–water partition coefficient (Wildman–Crippen LogP) is 4.07. The van der Waals surface area contributed by atoms with Gasteiger partial charge in [-0.25, -0.2) is 4.79 Å². The van der Waals surface area contributed by atoms with Crippen LogP contribution < -0.4 is 0 Å². The Morgan fingerprint density at radius 3 is 2.11 bits per heavy atom. The average molecular weight is 526 g/mol. The van der Waals surface area contributed by atoms with Crippen molar-refractivity contribution >= 4 is 24.3 Å². The zero-order chi connectivity index (χ0) is 27.7. The Balaban J connectivity index is 1.73. The molecule has 0 bridgehead atoms. The largest absolute Gasteiger partial charge is 0.508 e. The number of carbonyl (C=O) groups excluding carboxylic acids is 4. The van der Waals surface area contributed by atoms with Crippen LogP contribution in [0.25, 0.3) is 0 Å². The number of rotatable bonds is 12. The molecule has 204 valence electrons. The van der Waals surface area contributed by atoms with E-state index in [9.17, 15) is 19.2 Å². The molecule has 3 rings (SSSR count). The number of nitrogens with zero attached hydrogens (tertiary/aromatic N) is 1. The zero-order valence-electron chi connectivity index (χ0n) is 22.2. The highest BCUT2D eigenvalue weighted by Crippen LogP contribution is 2.36. The van der Waals surface area contributed by atoms with Gasteiger partial charge in [-0.1, -0.05) is 60.7 Å². The molecule has 0 aliphatic carbocycles. The van der Waals surface area contributed by atoms with Gasteiger partial charge >= 0.3 is 12.1 Å². The molecule has 1 fully saturated rings. The van der Waals surface area contributed by atoms with Gasteiger partial charge in [0.1, 0.15) is 31.1 Å². The molecule has 1 heterocycles. The molecule has 1 aliphatic rings. The van der Waals surface area contributed by atoms with Crippen molar-refractivity contribution in [3.05, 3.63) is 71.8 Å². The molecule has 2 aromatic carbocycles. The van der Waals surface area contributed by atoms with Gasteiger partial charge in [-0.05, 0) is 38.8 Å². The normalized spacial score (nSPS) is 18.6. The van der Waals surface area contributed by atoms with Crippen LogP contribution >= 0.6 is 0 Å². The molecule has 0 spiro atoms. The Labute approximate surface area is 223 Å². The highest BCUT2D eigenvalue weighted by atomic mass is 16.7. The van der Waals surface area contributed by atoms with E-state index in [1.54, 1.807) is 27.7 Å². The van der Waals surface area contributed by atoms with Crippen LogP contribution in [0.4, 0.5) is 4.79 Å². The molecule has 1 aliphatic heterocycles. The van der Waals surface area contributed by atoms with Crippen LogP contribution in [0.3, 0.4) is 0 Å². The standard InChI is InChI=1S/C29H35NO8/c1-20(37-28(34)36-19-22-13-9-6-10-14-22)25-26(30(27(25)33)17-24(32)38-29(2,3)4)23(15-16-31)35-18-21-11-7-5-8-12-21/h5-14,16,20,23,25-26H,15,17-19H2,1-4H3/t20-,23-,25-,26-/m1/s1. The second kappa shape index (κ2) is 13.2. The van der Waals surface area contributed by atoms with Gasteiger partial charge in [0.25, 0.3) is 0 Å². The summed E-state index contributed by atoms with van der Waals surface area (Å²) in [5.74, 6) is -1.82. The molecule has 0 saturated carbocycles. The first-order valence-electron chi connectivity index (χ1n) is 12.6. The van der Waals surface area contributed by atoms with Gasteiger partial charge in [0, 0.05) is 6.42 Å². The van der Waals surface area contributed by atoms with Crippen molar-refractivity contribution in [1.29, 1.82) is 0 Å². The van der Waals surface area contributed by atoms with E-state index in [1.807, 2.05) is 60.7 Å². The van der Waals surface area contributed by atoms with E-state index >= 15 is 0 Å². The predicted molar refractivity (Wildman–Crippen MR) is 138 cm³/mol. The number of aldehydes is 1. The van der Waals surface area contributed by atoms with E-state index in [2.05, 4.69) is 0 Å². The maximum atomic E-state index is 13.2. The summed E-state index contributed by atoms with van der Waals surface area (Å²) in [6.45, 7) is 6.69. The average Bonchev–Trinajstić information content (AvgIpc) is 2.87. The summed E-state index contributed by atoms with van der Waals surface area (Å²) in [6.07, 6.45) is -1.85. The minimum Gasteiger partial charge on any atom is -0.459 e. The number of amides is 1. The first-order valence-corrected chi connectivity index (χ1v) is 12.6. The maximum absolute atomic E-state index is 13.2. The summed E-state index contributed by atoms with van der Waals surface area (Å²) >= 11 is 0. The summed E-state index contributed by atoms with van der Waals surface area (Å²) < 4.78 is 22.1. The van der Waals surface area contributed by atoms with Crippen molar-refractivity contribution in [3.8, 4) is 0 Å². The van der Waals surface area contributed by atoms with Crippen LogP contribution in [0.1, 0.15) is 45.2 Å². The van der Waals surface area contributed by atoms with Crippen molar-refractivity contribution in [2.75, 3.05) is 6.54 Å². The molecular weight excluding hydrogens is 490 g/mol. The Hall–Kier alpha value is -3.72. The minimum atomic E-state index is -0.921. The zero-order valence-corrected chi connectivity index (χ0v) is 22.2. The van der Waals surface area contributed by atoms with Crippen LogP contribution in [0.15, 0.2) is 60.7 Å². The summed E-state index contributed by atoms with van der Waals surface area (Å²) in [6, 6.07) is 17.8. The smallest absolute Gasteiger partial charge is 0.459 e. The van der Waals surface area contributed by atoms with Crippen LogP contribution in [0, 0.1) is 5.92 Å². The fourth-order valence-corrected chi connectivity index (χ4v) is 4.36. The number of esters is 1. The maximum Gasteiger partial charge on any atom is 0.508 e. The molecule has 0 N–H and O–H groups in total. The van der Waals surface area contributed by atoms with Gasteiger partial charge in [-0.2, -0.15) is 0 Å². The van der Waals surface area contributed by atoms with E-state index in [1.165, 1.54) is 4.90 Å². The number of hydrogen-bond acceptors (Lipinski definition) is 8. The second-order valence-electron chi connectivity index (χ2n) is 10.2. The Kier molecular flexibility index (Phi) is 10.0. The van der Waals surface area contributed by atoms with Crippen LogP contribution in [-0.2, 0) is 46.5 Å². The second-order valence-corrected chi connectivity index (χ2v) is 10.2. The molecule has 9 heteroatoms. The van der Waals surface area contributed by atoms with Gasteiger partial charge in [0.05, 0.1) is 24.7 Å². The number of likely N-dealkylation sites (tertiary alicyclic amines) is 1. The number of β-lactam (4-membered cyclic amide) rings is 1. The van der Waals surface area contributed by atoms with Gasteiger partial charge in [0.2, 0.25) is 5.91 Å². The SMILES string of the molecule is C[C@@H](OC(=O)OCc1ccccc1)[C@H]1C(=O)N(CC(=O)OC(C)(C)C)[C@@H]1[C@@H](CC=O)OCc1ccccc1. The van der Waals surface area contributed by atoms with Crippen molar-refractivity contribution in [3.63, 3.8) is 0 Å². The van der Waals surface area contributed by atoms with E-state index in [0.29, 0.717) is 6.29 Å².